The number of halogens is 1. The van der Waals surface area contributed by atoms with Gasteiger partial charge in [0.25, 0.3) is 0 Å². The van der Waals surface area contributed by atoms with Crippen LogP contribution in [0.15, 0.2) is 0 Å². The average Bonchev–Trinajstić information content (AvgIpc) is 2.87. The van der Waals surface area contributed by atoms with E-state index in [1.54, 1.807) is 11.3 Å². The Morgan fingerprint density at radius 1 is 1.52 bits per heavy atom. The molecule has 0 aromatic carbocycles. The van der Waals surface area contributed by atoms with Crippen molar-refractivity contribution in [3.05, 3.63) is 15.0 Å². The van der Waals surface area contributed by atoms with Crippen molar-refractivity contribution < 1.29 is 4.21 Å². The van der Waals surface area contributed by atoms with Crippen LogP contribution in [0.2, 0.25) is 4.47 Å². The zero-order valence-corrected chi connectivity index (χ0v) is 14.8. The van der Waals surface area contributed by atoms with Gasteiger partial charge >= 0.3 is 0 Å². The van der Waals surface area contributed by atoms with Crippen LogP contribution >= 0.6 is 22.9 Å². The smallest absolute Gasteiger partial charge is 0.184 e. The van der Waals surface area contributed by atoms with Crippen molar-refractivity contribution in [1.82, 2.24) is 10.3 Å². The summed E-state index contributed by atoms with van der Waals surface area (Å²) in [6.45, 7) is 6.09. The van der Waals surface area contributed by atoms with Gasteiger partial charge in [-0.05, 0) is 58.0 Å². The summed E-state index contributed by atoms with van der Waals surface area (Å²) >= 11 is 7.71. The molecule has 1 aliphatic carbocycles. The van der Waals surface area contributed by atoms with Crippen molar-refractivity contribution in [2.24, 2.45) is 10.6 Å². The fourth-order valence-electron chi connectivity index (χ4n) is 3.80. The van der Waals surface area contributed by atoms with Gasteiger partial charge in [0.2, 0.25) is 0 Å². The van der Waals surface area contributed by atoms with Gasteiger partial charge in [0.05, 0.1) is 21.4 Å². The molecular formula is C14H22ClN3OS2. The molecular weight excluding hydrogens is 326 g/mol. The van der Waals surface area contributed by atoms with Crippen molar-refractivity contribution >= 4 is 33.9 Å². The maximum atomic E-state index is 11.9. The predicted molar refractivity (Wildman–Crippen MR) is 89.1 cm³/mol. The third-order valence-electron chi connectivity index (χ3n) is 5.12. The Bertz CT molecular complexity index is 567. The van der Waals surface area contributed by atoms with Crippen LogP contribution in [0.5, 0.6) is 0 Å². The molecule has 3 rings (SSSR count). The molecule has 4 nitrogen and oxygen atoms in total. The van der Waals surface area contributed by atoms with Crippen LogP contribution in [-0.2, 0) is 17.4 Å². The molecule has 0 saturated carbocycles. The zero-order valence-electron chi connectivity index (χ0n) is 12.4. The van der Waals surface area contributed by atoms with Gasteiger partial charge in [0.1, 0.15) is 0 Å². The first kappa shape index (κ1) is 15.9. The summed E-state index contributed by atoms with van der Waals surface area (Å²) in [5.41, 5.74) is 1.41. The lowest BCUT2D eigenvalue weighted by Crippen LogP contribution is -2.43. The quantitative estimate of drug-likeness (QED) is 0.883. The highest BCUT2D eigenvalue weighted by molar-refractivity contribution is 7.84. The van der Waals surface area contributed by atoms with E-state index in [1.807, 2.05) is 13.8 Å². The molecule has 1 aromatic heterocycles. The molecule has 1 spiro atoms. The maximum Gasteiger partial charge on any atom is 0.184 e. The minimum Gasteiger partial charge on any atom is -0.317 e. The Labute approximate surface area is 137 Å². The summed E-state index contributed by atoms with van der Waals surface area (Å²) in [5, 5.41) is 9.16. The number of aromatic nitrogens is 1. The molecule has 1 unspecified atom stereocenters. The van der Waals surface area contributed by atoms with Crippen molar-refractivity contribution in [2.75, 3.05) is 13.1 Å². The number of hydrogen-bond donors (Lipinski definition) is 2. The van der Waals surface area contributed by atoms with Gasteiger partial charge in [-0.2, -0.15) is 0 Å². The summed E-state index contributed by atoms with van der Waals surface area (Å²) in [7, 11) is -1.33. The van der Waals surface area contributed by atoms with Gasteiger partial charge in [-0.25, -0.2) is 9.19 Å². The van der Waals surface area contributed by atoms with Gasteiger partial charge in [-0.3, -0.25) is 5.14 Å². The van der Waals surface area contributed by atoms with Crippen LogP contribution in [0.3, 0.4) is 0 Å². The highest BCUT2D eigenvalue weighted by atomic mass is 35.5. The van der Waals surface area contributed by atoms with Gasteiger partial charge in [-0.15, -0.1) is 11.3 Å². The molecule has 21 heavy (non-hydrogen) atoms. The first-order valence-corrected chi connectivity index (χ1v) is 9.77. The largest absolute Gasteiger partial charge is 0.317 e. The van der Waals surface area contributed by atoms with E-state index in [2.05, 4.69) is 10.3 Å². The molecule has 1 fully saturated rings. The van der Waals surface area contributed by atoms with E-state index in [1.165, 1.54) is 4.88 Å². The topological polar surface area (TPSA) is 68.0 Å². The van der Waals surface area contributed by atoms with Crippen LogP contribution < -0.4 is 10.5 Å². The Hall–Kier alpha value is -0.0100. The van der Waals surface area contributed by atoms with Crippen LogP contribution in [0, 0.1) is 5.41 Å². The predicted octanol–water partition coefficient (Wildman–Crippen LogP) is 2.60. The molecule has 118 valence electrons. The van der Waals surface area contributed by atoms with E-state index in [-0.39, 0.29) is 10.2 Å². The molecule has 0 bridgehead atoms. The van der Waals surface area contributed by atoms with Gasteiger partial charge in [0, 0.05) is 10.8 Å². The summed E-state index contributed by atoms with van der Waals surface area (Å²) in [5.74, 6) is 0.377. The lowest BCUT2D eigenvalue weighted by Gasteiger charge is -2.41. The van der Waals surface area contributed by atoms with Gasteiger partial charge in [-0.1, -0.05) is 11.6 Å². The standard InChI is InChI=1S/C14H22ClN3OS2/c1-13(2,21(16)19)7-9-11-10(18-12(15)20-11)8-14(9)3-5-17-6-4-14/h9,17H,3-8,16H2,1-2H3/t9-,21?/m0/s1. The fraction of sp³-hybridized carbons (Fsp3) is 0.786. The first-order chi connectivity index (χ1) is 9.84. The molecule has 3 N–H and O–H groups in total. The summed E-state index contributed by atoms with van der Waals surface area (Å²) in [6, 6.07) is 0. The van der Waals surface area contributed by atoms with Crippen LogP contribution in [0.25, 0.3) is 0 Å². The number of thiazole rings is 1. The molecule has 2 heterocycles. The highest BCUT2D eigenvalue weighted by Crippen LogP contribution is 2.57. The SMILES string of the molecule is CC(C)(C[C@H]1c2sc(Cl)nc2CC12CCNCC2)S(N)=O. The summed E-state index contributed by atoms with van der Waals surface area (Å²) < 4.78 is 12.1. The van der Waals surface area contributed by atoms with Crippen molar-refractivity contribution in [3.63, 3.8) is 0 Å². The first-order valence-electron chi connectivity index (χ1n) is 7.36. The number of rotatable bonds is 3. The molecule has 2 atom stereocenters. The highest BCUT2D eigenvalue weighted by Gasteiger charge is 2.50. The van der Waals surface area contributed by atoms with E-state index in [4.69, 9.17) is 16.7 Å². The number of hydrogen-bond acceptors (Lipinski definition) is 4. The van der Waals surface area contributed by atoms with E-state index in [0.717, 1.165) is 44.5 Å². The molecule has 0 amide bonds. The molecule has 7 heteroatoms. The van der Waals surface area contributed by atoms with E-state index in [9.17, 15) is 4.21 Å². The number of nitrogens with zero attached hydrogens (tertiary/aromatic N) is 1. The normalized spacial score (nSPS) is 26.0. The second kappa shape index (κ2) is 5.57. The van der Waals surface area contributed by atoms with Crippen molar-refractivity contribution in [2.45, 2.75) is 50.2 Å². The Morgan fingerprint density at radius 2 is 2.19 bits per heavy atom. The fourth-order valence-corrected chi connectivity index (χ4v) is 5.53. The molecule has 1 aliphatic heterocycles. The maximum absolute atomic E-state index is 11.9. The van der Waals surface area contributed by atoms with Crippen molar-refractivity contribution in [1.29, 1.82) is 0 Å². The van der Waals surface area contributed by atoms with Crippen LogP contribution in [0.1, 0.15) is 49.6 Å². The summed E-state index contributed by atoms with van der Waals surface area (Å²) in [4.78, 5) is 5.83. The zero-order chi connectivity index (χ0) is 15.3. The van der Waals surface area contributed by atoms with E-state index >= 15 is 0 Å². The molecule has 0 radical (unpaired) electrons. The van der Waals surface area contributed by atoms with E-state index in [0.29, 0.717) is 10.4 Å². The third kappa shape index (κ3) is 2.81. The third-order valence-corrected chi connectivity index (χ3v) is 7.69. The van der Waals surface area contributed by atoms with Gasteiger partial charge < -0.3 is 5.32 Å². The van der Waals surface area contributed by atoms with Crippen LogP contribution in [-0.4, -0.2) is 27.0 Å². The van der Waals surface area contributed by atoms with Gasteiger partial charge in [0.15, 0.2) is 4.47 Å². The second-order valence-electron chi connectivity index (χ2n) is 6.88. The summed E-state index contributed by atoms with van der Waals surface area (Å²) in [6.07, 6.45) is 4.13. The molecule has 1 saturated heterocycles. The minimum absolute atomic E-state index is 0.251. The lowest BCUT2D eigenvalue weighted by atomic mass is 9.68. The number of nitrogens with two attached hydrogens (primary N) is 1. The Balaban J connectivity index is 1.96. The second-order valence-corrected chi connectivity index (χ2v) is 10.2. The Kier molecular flexibility index (Phi) is 4.21. The van der Waals surface area contributed by atoms with Crippen molar-refractivity contribution in [3.8, 4) is 0 Å². The Morgan fingerprint density at radius 3 is 2.81 bits per heavy atom. The minimum atomic E-state index is -1.33. The molecule has 2 aliphatic rings. The number of fused-ring (bicyclic) bond motifs is 1. The molecule has 1 aromatic rings. The van der Waals surface area contributed by atoms with E-state index < -0.39 is 11.0 Å². The number of piperidine rings is 1. The average molecular weight is 348 g/mol. The number of nitrogens with one attached hydrogen (secondary N) is 1. The van der Waals surface area contributed by atoms with Crippen LogP contribution in [0.4, 0.5) is 0 Å². The lowest BCUT2D eigenvalue weighted by molar-refractivity contribution is 0.159. The monoisotopic (exact) mass is 347 g/mol.